The first kappa shape index (κ1) is 13.3. The van der Waals surface area contributed by atoms with E-state index in [0.29, 0.717) is 18.4 Å². The monoisotopic (exact) mass is 271 g/mol. The van der Waals surface area contributed by atoms with Gasteiger partial charge in [0.15, 0.2) is 0 Å². The van der Waals surface area contributed by atoms with Crippen molar-refractivity contribution >= 4 is 23.5 Å². The van der Waals surface area contributed by atoms with Gasteiger partial charge in [-0.05, 0) is 30.9 Å². The van der Waals surface area contributed by atoms with E-state index in [1.807, 2.05) is 7.05 Å². The molecule has 18 heavy (non-hydrogen) atoms. The second kappa shape index (κ2) is 6.15. The average Bonchev–Trinajstić information content (AvgIpc) is 2.39. The van der Waals surface area contributed by atoms with E-state index < -0.39 is 0 Å². The van der Waals surface area contributed by atoms with Crippen LogP contribution in [0.5, 0.6) is 0 Å². The molecule has 1 aromatic heterocycles. The normalized spacial score (nSPS) is 15.8. The van der Waals surface area contributed by atoms with E-state index in [1.54, 1.807) is 4.90 Å². The first-order valence-corrected chi connectivity index (χ1v) is 6.57. The van der Waals surface area contributed by atoms with Crippen LogP contribution in [-0.4, -0.2) is 53.3 Å². The van der Waals surface area contributed by atoms with Crippen molar-refractivity contribution in [3.63, 3.8) is 0 Å². The molecule has 0 bridgehead atoms. The van der Waals surface area contributed by atoms with Gasteiger partial charge in [-0.3, -0.25) is 0 Å². The summed E-state index contributed by atoms with van der Waals surface area (Å²) in [6.07, 6.45) is 3.57. The smallest absolute Gasteiger partial charge is 0.231 e. The van der Waals surface area contributed by atoms with Gasteiger partial charge in [0.25, 0.3) is 0 Å². The first-order valence-electron chi connectivity index (χ1n) is 6.19. The van der Waals surface area contributed by atoms with Gasteiger partial charge in [0.1, 0.15) is 0 Å². The molecule has 1 fully saturated rings. The van der Waals surface area contributed by atoms with Gasteiger partial charge >= 0.3 is 0 Å². The van der Waals surface area contributed by atoms with Crippen LogP contribution in [0.3, 0.4) is 0 Å². The molecule has 0 aromatic carbocycles. The molecule has 0 radical (unpaired) electrons. The minimum Gasteiger partial charge on any atom is -0.395 e. The van der Waals surface area contributed by atoms with E-state index in [-0.39, 0.29) is 11.9 Å². The van der Waals surface area contributed by atoms with Gasteiger partial charge in [-0.1, -0.05) is 0 Å². The van der Waals surface area contributed by atoms with Crippen molar-refractivity contribution in [1.82, 2.24) is 15.0 Å². The molecule has 1 N–H and O–H groups in total. The fourth-order valence-corrected chi connectivity index (χ4v) is 2.14. The largest absolute Gasteiger partial charge is 0.395 e. The number of piperidine rings is 1. The van der Waals surface area contributed by atoms with Crippen LogP contribution >= 0.6 is 11.6 Å². The summed E-state index contributed by atoms with van der Waals surface area (Å²) in [5, 5.41) is 9.13. The number of aromatic nitrogens is 3. The second-order valence-corrected chi connectivity index (χ2v) is 4.74. The Kier molecular flexibility index (Phi) is 4.54. The molecule has 0 atom stereocenters. The fraction of sp³-hybridized carbons (Fsp3) is 0.727. The number of halogens is 1. The quantitative estimate of drug-likeness (QED) is 0.879. The predicted octanol–water partition coefficient (Wildman–Crippen LogP) is 0.944. The van der Waals surface area contributed by atoms with Gasteiger partial charge in [-0.15, -0.1) is 0 Å². The second-order valence-electron chi connectivity index (χ2n) is 4.40. The summed E-state index contributed by atoms with van der Waals surface area (Å²) in [5.74, 6) is 1.14. The van der Waals surface area contributed by atoms with Crippen LogP contribution in [0.25, 0.3) is 0 Å². The van der Waals surface area contributed by atoms with Crippen molar-refractivity contribution < 1.29 is 5.11 Å². The van der Waals surface area contributed by atoms with E-state index >= 15 is 0 Å². The molecule has 1 saturated heterocycles. The fourth-order valence-electron chi connectivity index (χ4n) is 1.99. The molecule has 0 spiro atoms. The van der Waals surface area contributed by atoms with Crippen LogP contribution < -0.4 is 9.80 Å². The highest BCUT2D eigenvalue weighted by Gasteiger charge is 2.16. The first-order chi connectivity index (χ1) is 8.70. The van der Waals surface area contributed by atoms with Crippen molar-refractivity contribution in [1.29, 1.82) is 0 Å². The molecule has 0 amide bonds. The van der Waals surface area contributed by atoms with Crippen molar-refractivity contribution in [3.05, 3.63) is 5.28 Å². The Balaban J connectivity index is 2.19. The Labute approximate surface area is 112 Å². The third-order valence-corrected chi connectivity index (χ3v) is 3.17. The zero-order valence-corrected chi connectivity index (χ0v) is 11.3. The maximum Gasteiger partial charge on any atom is 0.231 e. The molecule has 2 rings (SSSR count). The van der Waals surface area contributed by atoms with E-state index in [1.165, 1.54) is 6.42 Å². The van der Waals surface area contributed by atoms with Gasteiger partial charge < -0.3 is 14.9 Å². The molecule has 100 valence electrons. The minimum atomic E-state index is 0.0544. The number of likely N-dealkylation sites (N-methyl/N-ethyl adjacent to an activating group) is 1. The van der Waals surface area contributed by atoms with Crippen LogP contribution in [0, 0.1) is 0 Å². The molecule has 1 aliphatic heterocycles. The van der Waals surface area contributed by atoms with Crippen molar-refractivity contribution in [3.8, 4) is 0 Å². The number of aliphatic hydroxyl groups is 1. The number of aliphatic hydroxyl groups excluding tert-OH is 1. The lowest BCUT2D eigenvalue weighted by Crippen LogP contribution is -2.32. The van der Waals surface area contributed by atoms with E-state index in [9.17, 15) is 0 Å². The highest BCUT2D eigenvalue weighted by Crippen LogP contribution is 2.19. The van der Waals surface area contributed by atoms with Crippen molar-refractivity contribution in [2.45, 2.75) is 19.3 Å². The Morgan fingerprint density at radius 3 is 2.61 bits per heavy atom. The molecule has 7 heteroatoms. The zero-order valence-electron chi connectivity index (χ0n) is 10.5. The summed E-state index contributed by atoms with van der Waals surface area (Å²) in [6.45, 7) is 2.45. The molecule has 6 nitrogen and oxygen atoms in total. The van der Waals surface area contributed by atoms with Crippen molar-refractivity contribution in [2.75, 3.05) is 43.1 Å². The SMILES string of the molecule is CN(CCO)c1nc(Cl)nc(N2CCCCC2)n1. The average molecular weight is 272 g/mol. The van der Waals surface area contributed by atoms with Gasteiger partial charge in [-0.2, -0.15) is 15.0 Å². The zero-order chi connectivity index (χ0) is 13.0. The lowest BCUT2D eigenvalue weighted by atomic mass is 10.1. The summed E-state index contributed by atoms with van der Waals surface area (Å²) in [6, 6.07) is 0. The van der Waals surface area contributed by atoms with Gasteiger partial charge in [0, 0.05) is 26.7 Å². The number of rotatable bonds is 4. The number of hydrogen-bond donors (Lipinski definition) is 1. The molecular formula is C11H18ClN5O. The van der Waals surface area contributed by atoms with E-state index in [2.05, 4.69) is 19.9 Å². The molecule has 1 aliphatic rings. The molecule has 0 unspecified atom stereocenters. The van der Waals surface area contributed by atoms with Gasteiger partial charge in [0.05, 0.1) is 6.61 Å². The summed E-state index contributed by atoms with van der Waals surface area (Å²) >= 11 is 5.94. The summed E-state index contributed by atoms with van der Waals surface area (Å²) in [7, 11) is 1.82. The standard InChI is InChI=1S/C11H18ClN5O/c1-16(7-8-18)10-13-9(12)14-11(15-10)17-5-3-2-4-6-17/h18H,2-8H2,1H3. The maximum atomic E-state index is 8.93. The van der Waals surface area contributed by atoms with Crippen LogP contribution in [-0.2, 0) is 0 Å². The van der Waals surface area contributed by atoms with Crippen LogP contribution in [0.15, 0.2) is 0 Å². The predicted molar refractivity (Wildman–Crippen MR) is 71.3 cm³/mol. The third kappa shape index (κ3) is 3.20. The van der Waals surface area contributed by atoms with E-state index in [0.717, 1.165) is 25.9 Å². The van der Waals surface area contributed by atoms with Crippen molar-refractivity contribution in [2.24, 2.45) is 0 Å². The summed E-state index contributed by atoms with van der Waals surface area (Å²) < 4.78 is 0. The van der Waals surface area contributed by atoms with Gasteiger partial charge in [0.2, 0.25) is 17.2 Å². The van der Waals surface area contributed by atoms with Crippen LogP contribution in [0.4, 0.5) is 11.9 Å². The Bertz CT molecular complexity index is 397. The number of hydrogen-bond acceptors (Lipinski definition) is 6. The Hall–Kier alpha value is -1.14. The van der Waals surface area contributed by atoms with E-state index in [4.69, 9.17) is 16.7 Å². The Morgan fingerprint density at radius 1 is 1.22 bits per heavy atom. The van der Waals surface area contributed by atoms with Gasteiger partial charge in [-0.25, -0.2) is 0 Å². The minimum absolute atomic E-state index is 0.0544. The summed E-state index contributed by atoms with van der Waals surface area (Å²) in [5.41, 5.74) is 0. The highest BCUT2D eigenvalue weighted by atomic mass is 35.5. The molecule has 1 aromatic rings. The highest BCUT2D eigenvalue weighted by molar-refractivity contribution is 6.28. The third-order valence-electron chi connectivity index (χ3n) is 3.00. The maximum absolute atomic E-state index is 8.93. The lowest BCUT2D eigenvalue weighted by molar-refractivity contribution is 0.303. The summed E-state index contributed by atoms with van der Waals surface area (Å²) in [4.78, 5) is 16.6. The van der Waals surface area contributed by atoms with Crippen LogP contribution in [0.1, 0.15) is 19.3 Å². The Morgan fingerprint density at radius 2 is 1.94 bits per heavy atom. The number of anilines is 2. The number of nitrogens with zero attached hydrogens (tertiary/aromatic N) is 5. The lowest BCUT2D eigenvalue weighted by Gasteiger charge is -2.27. The topological polar surface area (TPSA) is 65.4 Å². The van der Waals surface area contributed by atoms with Crippen LogP contribution in [0.2, 0.25) is 5.28 Å². The molecule has 0 aliphatic carbocycles. The molecule has 2 heterocycles. The molecular weight excluding hydrogens is 254 g/mol. The molecule has 0 saturated carbocycles.